The van der Waals surface area contributed by atoms with Crippen LogP contribution >= 0.6 is 28.1 Å². The first-order valence-electron chi connectivity index (χ1n) is 4.86. The molecular weight excluding hydrogens is 272 g/mol. The normalized spacial score (nSPS) is 10.1. The molecule has 0 aliphatic heterocycles. The van der Waals surface area contributed by atoms with Gasteiger partial charge in [-0.3, -0.25) is 0 Å². The minimum Gasteiger partial charge on any atom is -0.389 e. The largest absolute Gasteiger partial charge is 0.389 e. The standard InChI is InChI=1S/C11H15BrN2S/c1-3-6-14(2)8-4-5-9(11(13)15)10(12)7-8/h4-5,7H,3,6H2,1-2H3,(H2,13,15). The van der Waals surface area contributed by atoms with Crippen molar-refractivity contribution in [1.29, 1.82) is 0 Å². The van der Waals surface area contributed by atoms with Crippen LogP contribution in [0.15, 0.2) is 22.7 Å². The van der Waals surface area contributed by atoms with Crippen molar-refractivity contribution in [2.24, 2.45) is 5.73 Å². The lowest BCUT2D eigenvalue weighted by Gasteiger charge is -2.19. The monoisotopic (exact) mass is 286 g/mol. The van der Waals surface area contributed by atoms with E-state index in [2.05, 4.69) is 34.8 Å². The number of benzene rings is 1. The zero-order chi connectivity index (χ0) is 11.4. The molecule has 0 atom stereocenters. The van der Waals surface area contributed by atoms with Crippen LogP contribution in [0.4, 0.5) is 5.69 Å². The Labute approximate surface area is 105 Å². The first-order chi connectivity index (χ1) is 7.06. The van der Waals surface area contributed by atoms with Crippen molar-refractivity contribution in [1.82, 2.24) is 0 Å². The molecule has 4 heteroatoms. The van der Waals surface area contributed by atoms with Gasteiger partial charge in [0.1, 0.15) is 4.99 Å². The van der Waals surface area contributed by atoms with Crippen LogP contribution in [0.5, 0.6) is 0 Å². The Bertz CT molecular complexity index is 366. The lowest BCUT2D eigenvalue weighted by atomic mass is 10.2. The van der Waals surface area contributed by atoms with Crippen molar-refractivity contribution in [3.05, 3.63) is 28.2 Å². The summed E-state index contributed by atoms with van der Waals surface area (Å²) in [6.07, 6.45) is 1.13. The predicted molar refractivity (Wildman–Crippen MR) is 73.6 cm³/mol. The SMILES string of the molecule is CCCN(C)c1ccc(C(N)=S)c(Br)c1. The smallest absolute Gasteiger partial charge is 0.105 e. The summed E-state index contributed by atoms with van der Waals surface area (Å²) >= 11 is 8.42. The van der Waals surface area contributed by atoms with Crippen molar-refractivity contribution in [2.75, 3.05) is 18.5 Å². The molecule has 0 unspecified atom stereocenters. The maximum atomic E-state index is 5.59. The highest BCUT2D eigenvalue weighted by atomic mass is 79.9. The molecule has 0 aliphatic carbocycles. The fraction of sp³-hybridized carbons (Fsp3) is 0.364. The minimum atomic E-state index is 0.423. The van der Waals surface area contributed by atoms with Gasteiger partial charge in [-0.25, -0.2) is 0 Å². The third-order valence-corrected chi connectivity index (χ3v) is 3.09. The second-order valence-corrected chi connectivity index (χ2v) is 4.74. The summed E-state index contributed by atoms with van der Waals surface area (Å²) in [5, 5.41) is 0. The maximum Gasteiger partial charge on any atom is 0.105 e. The Hall–Kier alpha value is -0.610. The summed E-state index contributed by atoms with van der Waals surface area (Å²) in [6.45, 7) is 3.20. The number of nitrogens with zero attached hydrogens (tertiary/aromatic N) is 1. The zero-order valence-corrected chi connectivity index (χ0v) is 11.4. The molecule has 1 aromatic carbocycles. The Morgan fingerprint density at radius 1 is 1.53 bits per heavy atom. The molecule has 0 saturated carbocycles. The molecule has 1 aromatic rings. The Balaban J connectivity index is 2.96. The molecule has 0 radical (unpaired) electrons. The Morgan fingerprint density at radius 3 is 2.67 bits per heavy atom. The van der Waals surface area contributed by atoms with E-state index < -0.39 is 0 Å². The quantitative estimate of drug-likeness (QED) is 0.863. The van der Waals surface area contributed by atoms with Crippen LogP contribution in [-0.2, 0) is 0 Å². The second kappa shape index (κ2) is 5.47. The van der Waals surface area contributed by atoms with E-state index in [0.717, 1.165) is 23.0 Å². The Morgan fingerprint density at radius 2 is 2.20 bits per heavy atom. The van der Waals surface area contributed by atoms with Gasteiger partial charge in [-0.2, -0.15) is 0 Å². The third kappa shape index (κ3) is 3.18. The van der Waals surface area contributed by atoms with E-state index >= 15 is 0 Å². The van der Waals surface area contributed by atoms with E-state index in [1.54, 1.807) is 0 Å². The van der Waals surface area contributed by atoms with Gasteiger partial charge >= 0.3 is 0 Å². The van der Waals surface area contributed by atoms with Gasteiger partial charge in [0.15, 0.2) is 0 Å². The van der Waals surface area contributed by atoms with E-state index in [-0.39, 0.29) is 0 Å². The number of hydrogen-bond acceptors (Lipinski definition) is 2. The maximum absolute atomic E-state index is 5.59. The molecule has 2 nitrogen and oxygen atoms in total. The van der Waals surface area contributed by atoms with Gasteiger partial charge in [0.05, 0.1) is 0 Å². The van der Waals surface area contributed by atoms with Gasteiger partial charge < -0.3 is 10.6 Å². The fourth-order valence-electron chi connectivity index (χ4n) is 1.41. The van der Waals surface area contributed by atoms with E-state index in [9.17, 15) is 0 Å². The summed E-state index contributed by atoms with van der Waals surface area (Å²) in [5.74, 6) is 0. The molecular formula is C11H15BrN2S. The van der Waals surface area contributed by atoms with Crippen molar-refractivity contribution in [3.63, 3.8) is 0 Å². The van der Waals surface area contributed by atoms with Gasteiger partial charge in [0.25, 0.3) is 0 Å². The molecule has 0 bridgehead atoms. The average molecular weight is 287 g/mol. The summed E-state index contributed by atoms with van der Waals surface area (Å²) < 4.78 is 0.954. The van der Waals surface area contributed by atoms with Crippen LogP contribution in [0.1, 0.15) is 18.9 Å². The van der Waals surface area contributed by atoms with Crippen molar-refractivity contribution < 1.29 is 0 Å². The minimum absolute atomic E-state index is 0.423. The van der Waals surface area contributed by atoms with Crippen molar-refractivity contribution >= 4 is 38.8 Å². The van der Waals surface area contributed by atoms with E-state index in [0.29, 0.717) is 4.99 Å². The number of rotatable bonds is 4. The molecule has 0 spiro atoms. The summed E-state index contributed by atoms with van der Waals surface area (Å²) in [4.78, 5) is 2.63. The number of anilines is 1. The Kier molecular flexibility index (Phi) is 4.54. The number of hydrogen-bond donors (Lipinski definition) is 1. The number of nitrogens with two attached hydrogens (primary N) is 1. The molecule has 2 N–H and O–H groups in total. The van der Waals surface area contributed by atoms with Crippen LogP contribution in [0.2, 0.25) is 0 Å². The van der Waals surface area contributed by atoms with Gasteiger partial charge in [-0.05, 0) is 40.5 Å². The molecule has 0 amide bonds. The van der Waals surface area contributed by atoms with Crippen molar-refractivity contribution in [2.45, 2.75) is 13.3 Å². The number of thiocarbonyl (C=S) groups is 1. The zero-order valence-electron chi connectivity index (χ0n) is 8.96. The fourth-order valence-corrected chi connectivity index (χ4v) is 2.30. The third-order valence-electron chi connectivity index (χ3n) is 2.22. The van der Waals surface area contributed by atoms with Crippen LogP contribution in [0, 0.1) is 0 Å². The molecule has 15 heavy (non-hydrogen) atoms. The lowest BCUT2D eigenvalue weighted by molar-refractivity contribution is 0.852. The first-order valence-corrected chi connectivity index (χ1v) is 6.07. The van der Waals surface area contributed by atoms with Crippen LogP contribution < -0.4 is 10.6 Å². The average Bonchev–Trinajstić information content (AvgIpc) is 2.17. The van der Waals surface area contributed by atoms with Crippen LogP contribution in [-0.4, -0.2) is 18.6 Å². The first kappa shape index (κ1) is 12.5. The second-order valence-electron chi connectivity index (χ2n) is 3.45. The van der Waals surface area contributed by atoms with Gasteiger partial charge in [0, 0.05) is 29.3 Å². The van der Waals surface area contributed by atoms with E-state index in [1.807, 2.05) is 18.2 Å². The molecule has 0 fully saturated rings. The molecule has 0 heterocycles. The molecule has 0 aromatic heterocycles. The predicted octanol–water partition coefficient (Wildman–Crippen LogP) is 2.93. The highest BCUT2D eigenvalue weighted by Gasteiger charge is 2.06. The molecule has 1 rings (SSSR count). The van der Waals surface area contributed by atoms with Gasteiger partial charge in [0.2, 0.25) is 0 Å². The molecule has 0 saturated heterocycles. The molecule has 82 valence electrons. The van der Waals surface area contributed by atoms with Crippen molar-refractivity contribution in [3.8, 4) is 0 Å². The van der Waals surface area contributed by atoms with E-state index in [1.165, 1.54) is 5.69 Å². The topological polar surface area (TPSA) is 29.3 Å². The highest BCUT2D eigenvalue weighted by Crippen LogP contribution is 2.23. The van der Waals surface area contributed by atoms with Crippen LogP contribution in [0.25, 0.3) is 0 Å². The van der Waals surface area contributed by atoms with Gasteiger partial charge in [-0.1, -0.05) is 19.1 Å². The lowest BCUT2D eigenvalue weighted by Crippen LogP contribution is -2.18. The number of halogens is 1. The molecule has 0 aliphatic rings. The highest BCUT2D eigenvalue weighted by molar-refractivity contribution is 9.10. The van der Waals surface area contributed by atoms with Crippen LogP contribution in [0.3, 0.4) is 0 Å². The van der Waals surface area contributed by atoms with E-state index in [4.69, 9.17) is 18.0 Å². The van der Waals surface area contributed by atoms with Gasteiger partial charge in [-0.15, -0.1) is 0 Å². The summed E-state index contributed by atoms with van der Waals surface area (Å²) in [7, 11) is 2.08. The summed E-state index contributed by atoms with van der Waals surface area (Å²) in [6, 6.07) is 6.03. The summed E-state index contributed by atoms with van der Waals surface area (Å²) in [5.41, 5.74) is 7.65.